The summed E-state index contributed by atoms with van der Waals surface area (Å²) in [6.07, 6.45) is 5.17. The second-order valence-electron chi connectivity index (χ2n) is 4.43. The summed E-state index contributed by atoms with van der Waals surface area (Å²) >= 11 is 1.64. The first-order valence-electron chi connectivity index (χ1n) is 6.30. The maximum atomic E-state index is 4.67. The number of benzene rings is 1. The maximum absolute atomic E-state index is 4.67. The van der Waals surface area contributed by atoms with Crippen molar-refractivity contribution < 1.29 is 0 Å². The summed E-state index contributed by atoms with van der Waals surface area (Å²) in [5.41, 5.74) is 3.09. The van der Waals surface area contributed by atoms with E-state index in [9.17, 15) is 0 Å². The van der Waals surface area contributed by atoms with E-state index in [1.54, 1.807) is 29.9 Å². The van der Waals surface area contributed by atoms with Crippen LogP contribution < -0.4 is 4.90 Å². The van der Waals surface area contributed by atoms with Crippen molar-refractivity contribution in [2.75, 3.05) is 11.9 Å². The number of aromatic nitrogens is 3. The average molecular weight is 282 g/mol. The van der Waals surface area contributed by atoms with Crippen molar-refractivity contribution in [2.24, 2.45) is 0 Å². The predicted octanol–water partition coefficient (Wildman–Crippen LogP) is 3.24. The first-order valence-corrected chi connectivity index (χ1v) is 7.18. The van der Waals surface area contributed by atoms with Crippen molar-refractivity contribution >= 4 is 16.5 Å². The highest BCUT2D eigenvalue weighted by Crippen LogP contribution is 2.27. The van der Waals surface area contributed by atoms with Crippen molar-refractivity contribution in [3.05, 3.63) is 60.0 Å². The van der Waals surface area contributed by atoms with Crippen molar-refractivity contribution in [2.45, 2.75) is 6.54 Å². The van der Waals surface area contributed by atoms with Gasteiger partial charge < -0.3 is 4.90 Å². The third-order valence-electron chi connectivity index (χ3n) is 2.90. The van der Waals surface area contributed by atoms with Gasteiger partial charge in [0.2, 0.25) is 0 Å². The van der Waals surface area contributed by atoms with E-state index in [1.807, 2.05) is 25.2 Å². The van der Waals surface area contributed by atoms with E-state index in [0.717, 1.165) is 22.1 Å². The Morgan fingerprint density at radius 1 is 1.15 bits per heavy atom. The molecule has 0 spiro atoms. The van der Waals surface area contributed by atoms with Crippen molar-refractivity contribution in [3.63, 3.8) is 0 Å². The molecule has 0 aliphatic rings. The lowest BCUT2D eigenvalue weighted by Gasteiger charge is -2.14. The molecule has 0 fully saturated rings. The second kappa shape index (κ2) is 5.79. The average Bonchev–Trinajstić information content (AvgIpc) is 2.99. The third kappa shape index (κ3) is 2.83. The van der Waals surface area contributed by atoms with E-state index >= 15 is 0 Å². The van der Waals surface area contributed by atoms with Gasteiger partial charge in [-0.05, 0) is 0 Å². The van der Waals surface area contributed by atoms with Gasteiger partial charge in [-0.2, -0.15) is 0 Å². The lowest BCUT2D eigenvalue weighted by atomic mass is 10.2. The van der Waals surface area contributed by atoms with Crippen LogP contribution in [-0.2, 0) is 6.54 Å². The van der Waals surface area contributed by atoms with Crippen LogP contribution in [0.25, 0.3) is 11.3 Å². The minimum absolute atomic E-state index is 0.704. The Bertz CT molecular complexity index is 667. The van der Waals surface area contributed by atoms with Crippen LogP contribution in [0.1, 0.15) is 5.69 Å². The summed E-state index contributed by atoms with van der Waals surface area (Å²) in [7, 11) is 2.02. The van der Waals surface area contributed by atoms with Gasteiger partial charge in [0.1, 0.15) is 0 Å². The van der Waals surface area contributed by atoms with E-state index < -0.39 is 0 Å². The zero-order valence-corrected chi connectivity index (χ0v) is 11.9. The van der Waals surface area contributed by atoms with Gasteiger partial charge in [0, 0.05) is 30.4 Å². The predicted molar refractivity (Wildman–Crippen MR) is 81.7 cm³/mol. The van der Waals surface area contributed by atoms with Crippen LogP contribution in [0.2, 0.25) is 0 Å². The Balaban J connectivity index is 1.77. The van der Waals surface area contributed by atoms with Crippen molar-refractivity contribution in [1.29, 1.82) is 0 Å². The highest BCUT2D eigenvalue weighted by molar-refractivity contribution is 7.14. The molecule has 0 bridgehead atoms. The molecule has 4 nitrogen and oxygen atoms in total. The van der Waals surface area contributed by atoms with Crippen LogP contribution >= 0.6 is 11.3 Å². The van der Waals surface area contributed by atoms with Crippen LogP contribution in [0, 0.1) is 0 Å². The van der Waals surface area contributed by atoms with Gasteiger partial charge in [-0.3, -0.25) is 9.97 Å². The van der Waals surface area contributed by atoms with E-state index in [4.69, 9.17) is 0 Å². The van der Waals surface area contributed by atoms with E-state index in [-0.39, 0.29) is 0 Å². The molecule has 1 aromatic carbocycles. The van der Waals surface area contributed by atoms with Crippen LogP contribution in [0.4, 0.5) is 5.13 Å². The zero-order chi connectivity index (χ0) is 13.8. The van der Waals surface area contributed by atoms with Gasteiger partial charge in [0.15, 0.2) is 5.13 Å². The number of rotatable bonds is 4. The molecule has 2 heterocycles. The lowest BCUT2D eigenvalue weighted by Crippen LogP contribution is -2.17. The van der Waals surface area contributed by atoms with Crippen LogP contribution in [-0.4, -0.2) is 22.0 Å². The van der Waals surface area contributed by atoms with Crippen LogP contribution in [0.15, 0.2) is 54.3 Å². The van der Waals surface area contributed by atoms with Crippen molar-refractivity contribution in [3.8, 4) is 11.3 Å². The summed E-state index contributed by atoms with van der Waals surface area (Å²) < 4.78 is 0. The number of hydrogen-bond acceptors (Lipinski definition) is 5. The molecule has 0 saturated heterocycles. The topological polar surface area (TPSA) is 41.9 Å². The lowest BCUT2D eigenvalue weighted by molar-refractivity contribution is 0.868. The Morgan fingerprint density at radius 2 is 2.00 bits per heavy atom. The molecule has 2 aromatic heterocycles. The van der Waals surface area contributed by atoms with Crippen LogP contribution in [0.3, 0.4) is 0 Å². The van der Waals surface area contributed by atoms with Gasteiger partial charge >= 0.3 is 0 Å². The molecular formula is C15H14N4S. The fraction of sp³-hybridized carbons (Fsp3) is 0.133. The summed E-state index contributed by atoms with van der Waals surface area (Å²) in [4.78, 5) is 15.1. The fourth-order valence-electron chi connectivity index (χ4n) is 1.90. The Morgan fingerprint density at radius 3 is 2.75 bits per heavy atom. The smallest absolute Gasteiger partial charge is 0.185 e. The SMILES string of the molecule is CN(Cc1cnccn1)c1nc(-c2ccccc2)cs1. The molecule has 3 aromatic rings. The van der Waals surface area contributed by atoms with E-state index in [0.29, 0.717) is 6.54 Å². The molecule has 0 aliphatic heterocycles. The standard InChI is InChI=1S/C15H14N4S/c1-19(10-13-9-16-7-8-17-13)15-18-14(11-20-15)12-5-3-2-4-6-12/h2-9,11H,10H2,1H3. The molecule has 0 N–H and O–H groups in total. The van der Waals surface area contributed by atoms with E-state index in [2.05, 4.69) is 37.4 Å². The minimum Gasteiger partial charge on any atom is -0.345 e. The van der Waals surface area contributed by atoms with Gasteiger partial charge in [-0.25, -0.2) is 4.98 Å². The number of thiazole rings is 1. The van der Waals surface area contributed by atoms with Gasteiger partial charge in [0.05, 0.1) is 24.1 Å². The first kappa shape index (κ1) is 12.7. The summed E-state index contributed by atoms with van der Waals surface area (Å²) in [5.74, 6) is 0. The summed E-state index contributed by atoms with van der Waals surface area (Å²) in [5, 5.41) is 3.06. The Hall–Kier alpha value is -2.27. The fourth-order valence-corrected chi connectivity index (χ4v) is 2.70. The summed E-state index contributed by atoms with van der Waals surface area (Å²) in [6.45, 7) is 0.704. The van der Waals surface area contributed by atoms with Gasteiger partial charge in [-0.15, -0.1) is 11.3 Å². The molecule has 3 rings (SSSR count). The molecule has 0 radical (unpaired) electrons. The normalized spacial score (nSPS) is 10.4. The largest absolute Gasteiger partial charge is 0.345 e. The molecule has 100 valence electrons. The van der Waals surface area contributed by atoms with Crippen molar-refractivity contribution in [1.82, 2.24) is 15.0 Å². The van der Waals surface area contributed by atoms with Gasteiger partial charge in [0.25, 0.3) is 0 Å². The van der Waals surface area contributed by atoms with Crippen LogP contribution in [0.5, 0.6) is 0 Å². The second-order valence-corrected chi connectivity index (χ2v) is 5.27. The number of hydrogen-bond donors (Lipinski definition) is 0. The molecule has 20 heavy (non-hydrogen) atoms. The molecule has 5 heteroatoms. The molecule has 0 saturated carbocycles. The Labute approximate surface area is 121 Å². The molecule has 0 unspecified atom stereocenters. The molecular weight excluding hydrogens is 268 g/mol. The molecule has 0 aliphatic carbocycles. The number of nitrogens with zero attached hydrogens (tertiary/aromatic N) is 4. The summed E-state index contributed by atoms with van der Waals surface area (Å²) in [6, 6.07) is 10.2. The monoisotopic (exact) mass is 282 g/mol. The minimum atomic E-state index is 0.704. The highest BCUT2D eigenvalue weighted by Gasteiger charge is 2.09. The van der Waals surface area contributed by atoms with Gasteiger partial charge in [-0.1, -0.05) is 30.3 Å². The highest BCUT2D eigenvalue weighted by atomic mass is 32.1. The van der Waals surface area contributed by atoms with E-state index in [1.165, 1.54) is 0 Å². The maximum Gasteiger partial charge on any atom is 0.185 e. The number of anilines is 1. The first-order chi connectivity index (χ1) is 9.83. The quantitative estimate of drug-likeness (QED) is 0.736. The zero-order valence-electron chi connectivity index (χ0n) is 11.1. The molecule has 0 atom stereocenters. The third-order valence-corrected chi connectivity index (χ3v) is 3.86. The Kier molecular flexibility index (Phi) is 3.69. The molecule has 0 amide bonds.